The Morgan fingerprint density at radius 2 is 2.40 bits per heavy atom. The summed E-state index contributed by atoms with van der Waals surface area (Å²) in [7, 11) is 0. The fourth-order valence-corrected chi connectivity index (χ4v) is 2.87. The lowest BCUT2D eigenvalue weighted by molar-refractivity contribution is 0.102. The van der Waals surface area contributed by atoms with Gasteiger partial charge in [0.05, 0.1) is 19.8 Å². The van der Waals surface area contributed by atoms with E-state index in [1.165, 1.54) is 0 Å². The minimum absolute atomic E-state index is 0.578. The Morgan fingerprint density at radius 3 is 3.30 bits per heavy atom. The van der Waals surface area contributed by atoms with Gasteiger partial charge in [-0.1, -0.05) is 5.16 Å². The summed E-state index contributed by atoms with van der Waals surface area (Å²) < 4.78 is 12.7. The molecule has 0 N–H and O–H groups in total. The Labute approximate surface area is 119 Å². The SMILES string of the molecule is c1csc(-c2ccn(Cc3noc4c3COCC4)n2)n1. The molecule has 102 valence electrons. The van der Waals surface area contributed by atoms with Crippen LogP contribution in [0.25, 0.3) is 10.7 Å². The van der Waals surface area contributed by atoms with E-state index in [4.69, 9.17) is 9.26 Å². The Kier molecular flexibility index (Phi) is 2.86. The predicted octanol–water partition coefficient (Wildman–Crippen LogP) is 2.12. The molecule has 0 spiro atoms. The Morgan fingerprint density at radius 1 is 1.40 bits per heavy atom. The summed E-state index contributed by atoms with van der Waals surface area (Å²) in [6.07, 6.45) is 4.51. The largest absolute Gasteiger partial charge is 0.376 e. The molecule has 3 aromatic rings. The van der Waals surface area contributed by atoms with Crippen LogP contribution in [0.5, 0.6) is 0 Å². The van der Waals surface area contributed by atoms with Gasteiger partial charge in [0.25, 0.3) is 0 Å². The molecule has 0 aliphatic carbocycles. The summed E-state index contributed by atoms with van der Waals surface area (Å²) in [6.45, 7) is 1.87. The molecule has 0 atom stereocenters. The minimum Gasteiger partial charge on any atom is -0.376 e. The van der Waals surface area contributed by atoms with E-state index >= 15 is 0 Å². The van der Waals surface area contributed by atoms with E-state index < -0.39 is 0 Å². The fraction of sp³-hybridized carbons (Fsp3) is 0.308. The Balaban J connectivity index is 1.59. The van der Waals surface area contributed by atoms with E-state index in [-0.39, 0.29) is 0 Å². The molecule has 6 nitrogen and oxygen atoms in total. The molecule has 0 amide bonds. The van der Waals surface area contributed by atoms with Crippen molar-refractivity contribution in [1.29, 1.82) is 0 Å². The molecule has 7 heteroatoms. The summed E-state index contributed by atoms with van der Waals surface area (Å²) in [5.41, 5.74) is 2.85. The van der Waals surface area contributed by atoms with Gasteiger partial charge in [-0.15, -0.1) is 11.3 Å². The summed E-state index contributed by atoms with van der Waals surface area (Å²) in [4.78, 5) is 4.26. The molecule has 4 heterocycles. The minimum atomic E-state index is 0.578. The zero-order valence-corrected chi connectivity index (χ0v) is 11.5. The maximum Gasteiger partial charge on any atom is 0.144 e. The molecule has 0 fully saturated rings. The fourth-order valence-electron chi connectivity index (χ4n) is 2.27. The Bertz CT molecular complexity index is 717. The zero-order valence-electron chi connectivity index (χ0n) is 10.7. The van der Waals surface area contributed by atoms with Crippen molar-refractivity contribution in [1.82, 2.24) is 19.9 Å². The highest BCUT2D eigenvalue weighted by atomic mass is 32.1. The normalized spacial score (nSPS) is 14.4. The van der Waals surface area contributed by atoms with Crippen LogP contribution in [0.15, 0.2) is 28.4 Å². The number of hydrogen-bond acceptors (Lipinski definition) is 6. The van der Waals surface area contributed by atoms with Crippen molar-refractivity contribution < 1.29 is 9.26 Å². The molecule has 0 saturated heterocycles. The molecule has 0 saturated carbocycles. The second-order valence-electron chi connectivity index (χ2n) is 4.57. The van der Waals surface area contributed by atoms with E-state index in [2.05, 4.69) is 15.2 Å². The van der Waals surface area contributed by atoms with E-state index in [0.717, 1.165) is 34.1 Å². The monoisotopic (exact) mass is 288 g/mol. The van der Waals surface area contributed by atoms with Crippen molar-refractivity contribution in [2.75, 3.05) is 6.61 Å². The van der Waals surface area contributed by atoms with Crippen LogP contribution in [-0.4, -0.2) is 26.5 Å². The standard InChI is InChI=1S/C13H12N4O2S/c1-4-17(15-10(1)13-14-3-6-20-13)7-11-9-8-18-5-2-12(9)19-16-11/h1,3-4,6H,2,5,7-8H2. The lowest BCUT2D eigenvalue weighted by atomic mass is 10.1. The topological polar surface area (TPSA) is 66.0 Å². The Hall–Kier alpha value is -1.99. The van der Waals surface area contributed by atoms with Crippen LogP contribution in [0.4, 0.5) is 0 Å². The van der Waals surface area contributed by atoms with Crippen LogP contribution < -0.4 is 0 Å². The van der Waals surface area contributed by atoms with Crippen LogP contribution in [0, 0.1) is 0 Å². The predicted molar refractivity (Wildman–Crippen MR) is 72.3 cm³/mol. The summed E-state index contributed by atoms with van der Waals surface area (Å²) in [6, 6.07) is 1.96. The molecule has 1 aliphatic heterocycles. The molecule has 0 bridgehead atoms. The maximum absolute atomic E-state index is 5.46. The highest BCUT2D eigenvalue weighted by molar-refractivity contribution is 7.13. The molecule has 0 aromatic carbocycles. The van der Waals surface area contributed by atoms with Gasteiger partial charge in [0.1, 0.15) is 22.2 Å². The van der Waals surface area contributed by atoms with Gasteiger partial charge in [0, 0.05) is 29.8 Å². The first kappa shape index (κ1) is 11.8. The van der Waals surface area contributed by atoms with E-state index in [1.54, 1.807) is 17.5 Å². The number of fused-ring (bicyclic) bond motifs is 1. The molecule has 20 heavy (non-hydrogen) atoms. The van der Waals surface area contributed by atoms with Crippen molar-refractivity contribution in [3.8, 4) is 10.7 Å². The van der Waals surface area contributed by atoms with Crippen LogP contribution in [0.2, 0.25) is 0 Å². The number of nitrogens with zero attached hydrogens (tertiary/aromatic N) is 4. The third-order valence-electron chi connectivity index (χ3n) is 3.27. The highest BCUT2D eigenvalue weighted by Gasteiger charge is 2.20. The van der Waals surface area contributed by atoms with Gasteiger partial charge in [0.15, 0.2) is 0 Å². The molecule has 0 radical (unpaired) electrons. The second kappa shape index (κ2) is 4.84. The lowest BCUT2D eigenvalue weighted by Gasteiger charge is -2.10. The van der Waals surface area contributed by atoms with Crippen LogP contribution in [0.3, 0.4) is 0 Å². The molecule has 1 aliphatic rings. The number of thiazole rings is 1. The second-order valence-corrected chi connectivity index (χ2v) is 5.46. The van der Waals surface area contributed by atoms with E-state index in [1.807, 2.05) is 22.3 Å². The number of hydrogen-bond donors (Lipinski definition) is 0. The first-order chi connectivity index (χ1) is 9.90. The summed E-state index contributed by atoms with van der Waals surface area (Å²) in [5.74, 6) is 0.943. The van der Waals surface area contributed by atoms with Crippen molar-refractivity contribution >= 4 is 11.3 Å². The molecule has 0 unspecified atom stereocenters. The van der Waals surface area contributed by atoms with Crippen LogP contribution in [-0.2, 0) is 24.3 Å². The van der Waals surface area contributed by atoms with Crippen molar-refractivity contribution in [3.63, 3.8) is 0 Å². The van der Waals surface area contributed by atoms with Gasteiger partial charge < -0.3 is 9.26 Å². The summed E-state index contributed by atoms with van der Waals surface area (Å²) in [5, 5.41) is 11.5. The van der Waals surface area contributed by atoms with Crippen molar-refractivity contribution in [2.24, 2.45) is 0 Å². The third kappa shape index (κ3) is 2.04. The zero-order chi connectivity index (χ0) is 13.4. The molecule has 3 aromatic heterocycles. The number of rotatable bonds is 3. The molecular formula is C13H12N4O2S. The van der Waals surface area contributed by atoms with Gasteiger partial charge in [-0.25, -0.2) is 4.98 Å². The quantitative estimate of drug-likeness (QED) is 0.738. The van der Waals surface area contributed by atoms with Gasteiger partial charge in [-0.2, -0.15) is 5.10 Å². The maximum atomic E-state index is 5.46. The molecular weight excluding hydrogens is 276 g/mol. The first-order valence-electron chi connectivity index (χ1n) is 6.37. The molecule has 4 rings (SSSR count). The number of aromatic nitrogens is 4. The van der Waals surface area contributed by atoms with Crippen molar-refractivity contribution in [2.45, 2.75) is 19.6 Å². The third-order valence-corrected chi connectivity index (χ3v) is 4.07. The van der Waals surface area contributed by atoms with Crippen molar-refractivity contribution in [3.05, 3.63) is 40.9 Å². The van der Waals surface area contributed by atoms with E-state index in [0.29, 0.717) is 19.8 Å². The lowest BCUT2D eigenvalue weighted by Crippen LogP contribution is -2.10. The van der Waals surface area contributed by atoms with Gasteiger partial charge in [0.2, 0.25) is 0 Å². The van der Waals surface area contributed by atoms with Gasteiger partial charge in [-0.3, -0.25) is 4.68 Å². The average Bonchev–Trinajstić information content (AvgIpc) is 3.19. The summed E-state index contributed by atoms with van der Waals surface area (Å²) >= 11 is 1.58. The smallest absolute Gasteiger partial charge is 0.144 e. The average molecular weight is 288 g/mol. The first-order valence-corrected chi connectivity index (χ1v) is 7.25. The van der Waals surface area contributed by atoms with Crippen LogP contribution in [0.1, 0.15) is 17.0 Å². The van der Waals surface area contributed by atoms with Gasteiger partial charge >= 0.3 is 0 Å². The van der Waals surface area contributed by atoms with E-state index in [9.17, 15) is 0 Å². The van der Waals surface area contributed by atoms with Crippen LogP contribution >= 0.6 is 11.3 Å². The highest BCUT2D eigenvalue weighted by Crippen LogP contribution is 2.22. The van der Waals surface area contributed by atoms with Gasteiger partial charge in [-0.05, 0) is 6.07 Å². The number of ether oxygens (including phenoxy) is 1.